The number of unbranched alkanes of at least 4 members (excludes halogenated alkanes) is 2. The molecule has 5 nitrogen and oxygen atoms in total. The summed E-state index contributed by atoms with van der Waals surface area (Å²) in [6.07, 6.45) is 4.39. The quantitative estimate of drug-likeness (QED) is 0.744. The van der Waals surface area contributed by atoms with Gasteiger partial charge in [-0.3, -0.25) is 10.1 Å². The van der Waals surface area contributed by atoms with E-state index in [9.17, 15) is 4.79 Å². The molecule has 0 fully saturated rings. The number of ether oxygens (including phenoxy) is 1. The number of aromatic nitrogens is 2. The van der Waals surface area contributed by atoms with Crippen molar-refractivity contribution in [3.05, 3.63) is 34.3 Å². The first-order valence-corrected chi connectivity index (χ1v) is 8.72. The van der Waals surface area contributed by atoms with E-state index < -0.39 is 0 Å². The maximum absolute atomic E-state index is 12.0. The zero-order valence-electron chi connectivity index (χ0n) is 13.9. The van der Waals surface area contributed by atoms with Crippen molar-refractivity contribution in [1.29, 1.82) is 0 Å². The minimum atomic E-state index is -0.220. The van der Waals surface area contributed by atoms with E-state index in [0.717, 1.165) is 34.7 Å². The zero-order chi connectivity index (χ0) is 16.7. The molecule has 0 radical (unpaired) electrons. The number of amides is 1. The summed E-state index contributed by atoms with van der Waals surface area (Å²) in [5, 5.41) is 12.3. The predicted molar refractivity (Wildman–Crippen MR) is 93.2 cm³/mol. The van der Waals surface area contributed by atoms with Crippen LogP contribution in [0, 0.1) is 13.8 Å². The number of carbonyl (C=O) groups excluding carboxylic acids is 1. The van der Waals surface area contributed by atoms with Gasteiger partial charge in [-0.05, 0) is 37.5 Å². The average molecular weight is 333 g/mol. The maximum atomic E-state index is 12.0. The molecule has 0 aliphatic rings. The predicted octanol–water partition coefficient (Wildman–Crippen LogP) is 3.91. The van der Waals surface area contributed by atoms with Crippen LogP contribution in [-0.2, 0) is 11.2 Å². The Labute approximate surface area is 141 Å². The number of nitrogens with one attached hydrogen (secondary N) is 1. The number of hydrogen-bond acceptors (Lipinski definition) is 5. The minimum Gasteiger partial charge on any atom is -0.483 e. The number of nitrogens with zero attached hydrogens (tertiary/aromatic N) is 2. The van der Waals surface area contributed by atoms with E-state index in [1.54, 1.807) is 0 Å². The lowest BCUT2D eigenvalue weighted by Crippen LogP contribution is -2.20. The van der Waals surface area contributed by atoms with Crippen LogP contribution in [0.4, 0.5) is 5.13 Å². The highest BCUT2D eigenvalue weighted by Crippen LogP contribution is 2.20. The smallest absolute Gasteiger partial charge is 0.264 e. The van der Waals surface area contributed by atoms with Gasteiger partial charge >= 0.3 is 0 Å². The Morgan fingerprint density at radius 3 is 2.87 bits per heavy atom. The number of benzene rings is 1. The second-order valence-electron chi connectivity index (χ2n) is 5.56. The first-order chi connectivity index (χ1) is 11.1. The van der Waals surface area contributed by atoms with Crippen LogP contribution in [0.2, 0.25) is 0 Å². The molecule has 0 aliphatic carbocycles. The summed E-state index contributed by atoms with van der Waals surface area (Å²) in [4.78, 5) is 12.0. The highest BCUT2D eigenvalue weighted by molar-refractivity contribution is 7.15. The molecule has 1 heterocycles. The molecule has 23 heavy (non-hydrogen) atoms. The standard InChI is InChI=1S/C17H23N3O2S/c1-4-5-6-7-16-19-20-17(23-16)18-15(21)11-22-14-10-12(2)8-9-13(14)3/h8-10H,4-7,11H2,1-3H3,(H,18,20,21). The van der Waals surface area contributed by atoms with Crippen LogP contribution in [0.1, 0.15) is 42.3 Å². The average Bonchev–Trinajstić information content (AvgIpc) is 2.96. The van der Waals surface area contributed by atoms with Gasteiger partial charge in [-0.15, -0.1) is 10.2 Å². The number of carbonyl (C=O) groups is 1. The molecule has 0 saturated carbocycles. The van der Waals surface area contributed by atoms with E-state index in [4.69, 9.17) is 4.74 Å². The van der Waals surface area contributed by atoms with Crippen LogP contribution in [-0.4, -0.2) is 22.7 Å². The monoisotopic (exact) mass is 333 g/mol. The van der Waals surface area contributed by atoms with E-state index in [1.807, 2.05) is 32.0 Å². The summed E-state index contributed by atoms with van der Waals surface area (Å²) in [6.45, 7) is 6.09. The van der Waals surface area contributed by atoms with Crippen LogP contribution in [0.25, 0.3) is 0 Å². The third-order valence-corrected chi connectivity index (χ3v) is 4.31. The number of rotatable bonds is 8. The lowest BCUT2D eigenvalue weighted by molar-refractivity contribution is -0.118. The van der Waals surface area contributed by atoms with Crippen LogP contribution in [0.5, 0.6) is 5.75 Å². The fraction of sp³-hybridized carbons (Fsp3) is 0.471. The summed E-state index contributed by atoms with van der Waals surface area (Å²) in [7, 11) is 0. The second-order valence-corrected chi connectivity index (χ2v) is 6.63. The summed E-state index contributed by atoms with van der Waals surface area (Å²) in [6, 6.07) is 5.93. The molecule has 1 aromatic carbocycles. The van der Waals surface area contributed by atoms with E-state index in [-0.39, 0.29) is 12.5 Å². The van der Waals surface area contributed by atoms with Crippen molar-refractivity contribution in [3.8, 4) is 5.75 Å². The molecule has 0 aliphatic heterocycles. The summed E-state index contributed by atoms with van der Waals surface area (Å²) >= 11 is 1.43. The third kappa shape index (κ3) is 5.63. The Balaban J connectivity index is 1.81. The van der Waals surface area contributed by atoms with Crippen molar-refractivity contribution in [2.75, 3.05) is 11.9 Å². The molecule has 1 N–H and O–H groups in total. The first-order valence-electron chi connectivity index (χ1n) is 7.90. The van der Waals surface area contributed by atoms with Gasteiger partial charge in [0.2, 0.25) is 5.13 Å². The van der Waals surface area contributed by atoms with Gasteiger partial charge in [0, 0.05) is 6.42 Å². The Kier molecular flexibility index (Phi) is 6.52. The van der Waals surface area contributed by atoms with Gasteiger partial charge in [0.05, 0.1) is 0 Å². The fourth-order valence-electron chi connectivity index (χ4n) is 2.09. The van der Waals surface area contributed by atoms with Crippen molar-refractivity contribution < 1.29 is 9.53 Å². The van der Waals surface area contributed by atoms with E-state index in [0.29, 0.717) is 5.13 Å². The Hall–Kier alpha value is -1.95. The minimum absolute atomic E-state index is 0.0327. The maximum Gasteiger partial charge on any atom is 0.264 e. The topological polar surface area (TPSA) is 64.1 Å². The molecule has 0 unspecified atom stereocenters. The van der Waals surface area contributed by atoms with E-state index in [1.165, 1.54) is 24.2 Å². The molecule has 124 valence electrons. The Morgan fingerprint density at radius 1 is 1.26 bits per heavy atom. The van der Waals surface area contributed by atoms with E-state index >= 15 is 0 Å². The van der Waals surface area contributed by atoms with Crippen LogP contribution < -0.4 is 10.1 Å². The van der Waals surface area contributed by atoms with Gasteiger partial charge in [0.15, 0.2) is 6.61 Å². The van der Waals surface area contributed by atoms with Gasteiger partial charge in [0.1, 0.15) is 10.8 Å². The van der Waals surface area contributed by atoms with Gasteiger partial charge < -0.3 is 4.74 Å². The molecular weight excluding hydrogens is 310 g/mol. The zero-order valence-corrected chi connectivity index (χ0v) is 14.7. The van der Waals surface area contributed by atoms with E-state index in [2.05, 4.69) is 22.4 Å². The van der Waals surface area contributed by atoms with Gasteiger partial charge in [-0.25, -0.2) is 0 Å². The molecule has 0 atom stereocenters. The normalized spacial score (nSPS) is 10.6. The first kappa shape index (κ1) is 17.4. The lowest BCUT2D eigenvalue weighted by atomic mass is 10.1. The molecule has 1 amide bonds. The van der Waals surface area contributed by atoms with Crippen molar-refractivity contribution in [2.24, 2.45) is 0 Å². The highest BCUT2D eigenvalue weighted by atomic mass is 32.1. The molecule has 0 spiro atoms. The molecular formula is C17H23N3O2S. The van der Waals surface area contributed by atoms with Crippen molar-refractivity contribution in [1.82, 2.24) is 10.2 Å². The van der Waals surface area contributed by atoms with Gasteiger partial charge in [-0.1, -0.05) is 43.2 Å². The second kappa shape index (κ2) is 8.62. The Bertz CT molecular complexity index is 655. The van der Waals surface area contributed by atoms with Crippen LogP contribution in [0.3, 0.4) is 0 Å². The molecule has 0 saturated heterocycles. The molecule has 1 aromatic heterocycles. The van der Waals surface area contributed by atoms with Crippen molar-refractivity contribution in [3.63, 3.8) is 0 Å². The largest absolute Gasteiger partial charge is 0.483 e. The Morgan fingerprint density at radius 2 is 2.09 bits per heavy atom. The molecule has 6 heteroatoms. The van der Waals surface area contributed by atoms with Crippen LogP contribution >= 0.6 is 11.3 Å². The SMILES string of the molecule is CCCCCc1nnc(NC(=O)COc2cc(C)ccc2C)s1. The number of hydrogen-bond donors (Lipinski definition) is 1. The highest BCUT2D eigenvalue weighted by Gasteiger charge is 2.09. The number of aryl methyl sites for hydroxylation is 3. The summed E-state index contributed by atoms with van der Waals surface area (Å²) in [5.41, 5.74) is 2.12. The van der Waals surface area contributed by atoms with Crippen LogP contribution in [0.15, 0.2) is 18.2 Å². The van der Waals surface area contributed by atoms with Crippen molar-refractivity contribution >= 4 is 22.4 Å². The van der Waals surface area contributed by atoms with Gasteiger partial charge in [-0.2, -0.15) is 0 Å². The molecule has 2 rings (SSSR count). The van der Waals surface area contributed by atoms with Crippen molar-refractivity contribution in [2.45, 2.75) is 46.5 Å². The number of anilines is 1. The summed E-state index contributed by atoms with van der Waals surface area (Å²) in [5.74, 6) is 0.514. The molecule has 2 aromatic rings. The molecule has 0 bridgehead atoms. The third-order valence-electron chi connectivity index (χ3n) is 3.41. The summed E-state index contributed by atoms with van der Waals surface area (Å²) < 4.78 is 5.58. The van der Waals surface area contributed by atoms with Gasteiger partial charge in [0.25, 0.3) is 5.91 Å². The fourth-order valence-corrected chi connectivity index (χ4v) is 2.89. The lowest BCUT2D eigenvalue weighted by Gasteiger charge is -2.09.